The first-order chi connectivity index (χ1) is 13.5. The molecule has 0 bridgehead atoms. The summed E-state index contributed by atoms with van der Waals surface area (Å²) in [7, 11) is 0. The molecule has 1 saturated heterocycles. The number of likely N-dealkylation sites (tertiary alicyclic amines) is 1. The molecule has 1 aliphatic heterocycles. The molecule has 0 unspecified atom stereocenters. The van der Waals surface area contributed by atoms with Gasteiger partial charge in [-0.2, -0.15) is 0 Å². The van der Waals surface area contributed by atoms with E-state index in [4.69, 9.17) is 0 Å². The van der Waals surface area contributed by atoms with Crippen molar-refractivity contribution in [3.8, 4) is 0 Å². The Morgan fingerprint density at radius 2 is 1.86 bits per heavy atom. The summed E-state index contributed by atoms with van der Waals surface area (Å²) < 4.78 is 1.42. The van der Waals surface area contributed by atoms with Gasteiger partial charge >= 0.3 is 0 Å². The molecule has 0 N–H and O–H groups in total. The van der Waals surface area contributed by atoms with Crippen LogP contribution in [0.3, 0.4) is 0 Å². The molecule has 1 aromatic carbocycles. The highest BCUT2D eigenvalue weighted by atomic mass is 16.4. The summed E-state index contributed by atoms with van der Waals surface area (Å²) in [5, 5.41) is 20.0. The maximum absolute atomic E-state index is 12.7. The van der Waals surface area contributed by atoms with Crippen LogP contribution in [0.15, 0.2) is 29.1 Å². The number of hydrogen-bond donors (Lipinski definition) is 0. The Morgan fingerprint density at radius 1 is 1.11 bits per heavy atom. The second kappa shape index (κ2) is 7.69. The van der Waals surface area contributed by atoms with Crippen LogP contribution in [0.5, 0.6) is 0 Å². The third-order valence-corrected chi connectivity index (χ3v) is 6.06. The molecule has 28 heavy (non-hydrogen) atoms. The van der Waals surface area contributed by atoms with Crippen LogP contribution in [-0.4, -0.2) is 44.4 Å². The smallest absolute Gasteiger partial charge is 0.277 e. The third kappa shape index (κ3) is 3.50. The highest BCUT2D eigenvalue weighted by molar-refractivity contribution is 5.85. The van der Waals surface area contributed by atoms with Gasteiger partial charge in [-0.25, -0.2) is 4.68 Å². The number of carbonyl (C=O) groups is 2. The fraction of sp³-hybridized carbons (Fsp3) is 0.550. The van der Waals surface area contributed by atoms with E-state index in [-0.39, 0.29) is 23.3 Å². The number of hydrogen-bond acceptors (Lipinski definition) is 6. The first kappa shape index (κ1) is 18.6. The van der Waals surface area contributed by atoms with Crippen LogP contribution >= 0.6 is 0 Å². The number of aliphatic carboxylic acids is 1. The van der Waals surface area contributed by atoms with E-state index in [9.17, 15) is 19.5 Å². The van der Waals surface area contributed by atoms with Crippen LogP contribution in [0, 0.1) is 11.8 Å². The van der Waals surface area contributed by atoms with Crippen molar-refractivity contribution < 1.29 is 14.7 Å². The maximum Gasteiger partial charge on any atom is 0.277 e. The number of carboxylic acids is 1. The molecule has 1 amide bonds. The number of fused-ring (bicyclic) bond motifs is 1. The molecule has 2 aromatic rings. The topological polar surface area (TPSA) is 108 Å². The Morgan fingerprint density at radius 3 is 2.61 bits per heavy atom. The Labute approximate surface area is 162 Å². The average Bonchev–Trinajstić information content (AvgIpc) is 3.21. The van der Waals surface area contributed by atoms with Crippen molar-refractivity contribution in [3.05, 3.63) is 34.6 Å². The third-order valence-electron chi connectivity index (χ3n) is 6.06. The van der Waals surface area contributed by atoms with Crippen molar-refractivity contribution in [3.63, 3.8) is 0 Å². The van der Waals surface area contributed by atoms with Crippen LogP contribution in [0.2, 0.25) is 0 Å². The van der Waals surface area contributed by atoms with Crippen LogP contribution in [0.25, 0.3) is 10.9 Å². The van der Waals surface area contributed by atoms with Crippen molar-refractivity contribution in [1.82, 2.24) is 19.9 Å². The lowest BCUT2D eigenvalue weighted by Gasteiger charge is -2.33. The molecule has 2 fully saturated rings. The van der Waals surface area contributed by atoms with Crippen molar-refractivity contribution >= 4 is 22.8 Å². The van der Waals surface area contributed by atoms with Gasteiger partial charge in [-0.15, -0.1) is 5.10 Å². The van der Waals surface area contributed by atoms with Gasteiger partial charge in [-0.1, -0.05) is 17.3 Å². The fourth-order valence-corrected chi connectivity index (χ4v) is 4.49. The van der Waals surface area contributed by atoms with E-state index in [0.717, 1.165) is 12.8 Å². The largest absolute Gasteiger partial charge is 0.548 e. The van der Waals surface area contributed by atoms with Crippen LogP contribution in [0.4, 0.5) is 0 Å². The molecule has 1 atom stereocenters. The molecular weight excluding hydrogens is 360 g/mol. The van der Waals surface area contributed by atoms with E-state index < -0.39 is 12.0 Å². The zero-order chi connectivity index (χ0) is 19.7. The molecule has 1 saturated carbocycles. The molecule has 1 aromatic heterocycles. The highest BCUT2D eigenvalue weighted by Gasteiger charge is 2.35. The fourth-order valence-electron chi connectivity index (χ4n) is 4.49. The monoisotopic (exact) mass is 383 g/mol. The van der Waals surface area contributed by atoms with Gasteiger partial charge in [0, 0.05) is 19.0 Å². The number of rotatable bonds is 4. The number of carboxylic acid groups (broad SMARTS) is 1. The summed E-state index contributed by atoms with van der Waals surface area (Å²) in [6, 6.07) is 6.37. The first-order valence-corrected chi connectivity index (χ1v) is 9.88. The minimum absolute atomic E-state index is 0.0622. The molecule has 148 valence electrons. The minimum Gasteiger partial charge on any atom is -0.548 e. The lowest BCUT2D eigenvalue weighted by Crippen LogP contribution is -2.49. The van der Waals surface area contributed by atoms with Gasteiger partial charge in [-0.05, 0) is 56.6 Å². The van der Waals surface area contributed by atoms with Gasteiger partial charge in [0.1, 0.15) is 5.52 Å². The quantitative estimate of drug-likeness (QED) is 0.753. The van der Waals surface area contributed by atoms with E-state index in [1.54, 1.807) is 12.1 Å². The molecule has 2 heterocycles. The van der Waals surface area contributed by atoms with Crippen LogP contribution in [0.1, 0.15) is 38.5 Å². The predicted molar refractivity (Wildman–Crippen MR) is 99.0 cm³/mol. The average molecular weight is 383 g/mol. The van der Waals surface area contributed by atoms with E-state index in [2.05, 4.69) is 10.3 Å². The molecular formula is C20H23N4O4-. The summed E-state index contributed by atoms with van der Waals surface area (Å²) >= 11 is 0. The van der Waals surface area contributed by atoms with Crippen molar-refractivity contribution in [1.29, 1.82) is 0 Å². The molecule has 0 spiro atoms. The second-order valence-corrected chi connectivity index (χ2v) is 7.82. The van der Waals surface area contributed by atoms with Crippen molar-refractivity contribution in [2.45, 2.75) is 51.1 Å². The zero-order valence-corrected chi connectivity index (χ0v) is 15.6. The van der Waals surface area contributed by atoms with Gasteiger partial charge < -0.3 is 14.8 Å². The molecule has 0 radical (unpaired) electrons. The Balaban J connectivity index is 1.38. The number of carbonyl (C=O) groups excluding carboxylic acids is 2. The van der Waals surface area contributed by atoms with Crippen molar-refractivity contribution in [2.75, 3.05) is 6.54 Å². The van der Waals surface area contributed by atoms with Crippen molar-refractivity contribution in [2.24, 2.45) is 11.8 Å². The highest BCUT2D eigenvalue weighted by Crippen LogP contribution is 2.32. The summed E-state index contributed by atoms with van der Waals surface area (Å²) in [4.78, 5) is 38.0. The van der Waals surface area contributed by atoms with E-state index in [1.807, 2.05) is 12.1 Å². The molecule has 2 aliphatic rings. The molecule has 4 rings (SSSR count). The zero-order valence-electron chi connectivity index (χ0n) is 15.6. The first-order valence-electron chi connectivity index (χ1n) is 9.88. The Kier molecular flexibility index (Phi) is 5.11. The normalized spacial score (nSPS) is 25.1. The molecule has 8 heteroatoms. The van der Waals surface area contributed by atoms with E-state index in [0.29, 0.717) is 49.7 Å². The maximum atomic E-state index is 12.7. The van der Waals surface area contributed by atoms with E-state index >= 15 is 0 Å². The molecule has 8 nitrogen and oxygen atoms in total. The summed E-state index contributed by atoms with van der Waals surface area (Å²) in [5.41, 5.74) is 0.448. The predicted octanol–water partition coefficient (Wildman–Crippen LogP) is 0.339. The number of benzene rings is 1. The molecule has 1 aliphatic carbocycles. The van der Waals surface area contributed by atoms with Gasteiger partial charge in [0.15, 0.2) is 0 Å². The minimum atomic E-state index is -1.16. The van der Waals surface area contributed by atoms with Gasteiger partial charge in [0.25, 0.3) is 5.56 Å². The Hall–Kier alpha value is -2.77. The second-order valence-electron chi connectivity index (χ2n) is 7.82. The van der Waals surface area contributed by atoms with E-state index in [1.165, 1.54) is 9.58 Å². The number of aromatic nitrogens is 3. The van der Waals surface area contributed by atoms with Crippen LogP contribution in [-0.2, 0) is 16.1 Å². The lowest BCUT2D eigenvalue weighted by atomic mass is 9.81. The summed E-state index contributed by atoms with van der Waals surface area (Å²) in [6.45, 7) is 0.989. The standard InChI is InChI=1S/C20H24N4O4/c25-18(23-11-3-6-17(23)20(27)28)14-9-7-13(8-10-14)12-24-19(26)15-4-1-2-5-16(15)21-22-24/h1-2,4-5,13-14,17H,3,6-12H2,(H,27,28)/p-1/t13?,14?,17-/m1/s1. The lowest BCUT2D eigenvalue weighted by molar-refractivity contribution is -0.310. The summed E-state index contributed by atoms with van der Waals surface area (Å²) in [5.74, 6) is -1.11. The summed E-state index contributed by atoms with van der Waals surface area (Å²) in [6.07, 6.45) is 4.21. The van der Waals surface area contributed by atoms with Gasteiger partial charge in [0.2, 0.25) is 5.91 Å². The van der Waals surface area contributed by atoms with Gasteiger partial charge in [-0.3, -0.25) is 9.59 Å². The SMILES string of the molecule is O=C([O-])[C@H]1CCCN1C(=O)C1CCC(Cn2nnc3ccccc3c2=O)CC1. The number of amides is 1. The number of nitrogens with zero attached hydrogens (tertiary/aromatic N) is 4. The Bertz CT molecular complexity index is 949. The van der Waals surface area contributed by atoms with Crippen LogP contribution < -0.4 is 10.7 Å². The van der Waals surface area contributed by atoms with Gasteiger partial charge in [0.05, 0.1) is 17.4 Å².